The number of rotatable bonds is 8. The maximum Gasteiger partial charge on any atom is 0.310 e. The van der Waals surface area contributed by atoms with Gasteiger partial charge in [0, 0.05) is 23.7 Å². The summed E-state index contributed by atoms with van der Waals surface area (Å²) in [6.07, 6.45) is 0. The average Bonchev–Trinajstić information content (AvgIpc) is 2.66. The van der Waals surface area contributed by atoms with Gasteiger partial charge in [-0.3, -0.25) is 28.8 Å². The van der Waals surface area contributed by atoms with Crippen LogP contribution in [0.2, 0.25) is 0 Å². The van der Waals surface area contributed by atoms with Crippen LogP contribution in [0.4, 0.5) is 0 Å². The van der Waals surface area contributed by atoms with Crippen LogP contribution in [-0.4, -0.2) is 61.9 Å². The van der Waals surface area contributed by atoms with Gasteiger partial charge < -0.3 is 18.9 Å². The maximum atomic E-state index is 13.4. The average molecular weight is 452 g/mol. The van der Waals surface area contributed by atoms with Gasteiger partial charge in [0.15, 0.2) is 0 Å². The highest BCUT2D eigenvalue weighted by Gasteiger charge is 2.76. The molecule has 0 aromatic heterocycles. The number of hydrogen-bond acceptors (Lipinski definition) is 10. The summed E-state index contributed by atoms with van der Waals surface area (Å²) in [4.78, 5) is 77.1. The smallest absolute Gasteiger partial charge is 0.310 e. The Labute approximate surface area is 185 Å². The van der Waals surface area contributed by atoms with E-state index in [1.807, 2.05) is 0 Å². The van der Waals surface area contributed by atoms with E-state index >= 15 is 0 Å². The van der Waals surface area contributed by atoms with Crippen LogP contribution in [0.25, 0.3) is 0 Å². The molecule has 176 valence electrons. The van der Waals surface area contributed by atoms with Crippen LogP contribution in [0, 0.1) is 47.3 Å². The van der Waals surface area contributed by atoms with Crippen molar-refractivity contribution in [3.8, 4) is 0 Å². The molecule has 32 heavy (non-hydrogen) atoms. The van der Waals surface area contributed by atoms with E-state index in [9.17, 15) is 28.8 Å². The molecule has 0 spiro atoms. The molecule has 3 aliphatic carbocycles. The van der Waals surface area contributed by atoms with E-state index in [4.69, 9.17) is 18.9 Å². The molecule has 0 aliphatic heterocycles. The van der Waals surface area contributed by atoms with Crippen LogP contribution in [0.3, 0.4) is 0 Å². The van der Waals surface area contributed by atoms with Crippen molar-refractivity contribution in [3.63, 3.8) is 0 Å². The lowest BCUT2D eigenvalue weighted by Gasteiger charge is -2.59. The second-order valence-corrected chi connectivity index (χ2v) is 8.02. The van der Waals surface area contributed by atoms with Crippen molar-refractivity contribution in [2.45, 2.75) is 27.7 Å². The minimum absolute atomic E-state index is 0.0346. The van der Waals surface area contributed by atoms with Crippen molar-refractivity contribution in [1.82, 2.24) is 0 Å². The van der Waals surface area contributed by atoms with Crippen molar-refractivity contribution in [2.24, 2.45) is 47.3 Å². The summed E-state index contributed by atoms with van der Waals surface area (Å²) < 4.78 is 20.2. The fourth-order valence-electron chi connectivity index (χ4n) is 5.48. The normalized spacial score (nSPS) is 34.8. The van der Waals surface area contributed by atoms with Gasteiger partial charge in [0.2, 0.25) is 0 Å². The van der Waals surface area contributed by atoms with Crippen LogP contribution in [0.1, 0.15) is 27.7 Å². The summed E-state index contributed by atoms with van der Waals surface area (Å²) in [6, 6.07) is 0. The molecule has 0 saturated heterocycles. The highest BCUT2D eigenvalue weighted by molar-refractivity contribution is 6.12. The molecule has 3 rings (SSSR count). The predicted octanol–water partition coefficient (Wildman–Crippen LogP) is 0.347. The van der Waals surface area contributed by atoms with Crippen LogP contribution in [-0.2, 0) is 47.7 Å². The number of ether oxygens (including phenoxy) is 4. The maximum absolute atomic E-state index is 13.4. The Balaban J connectivity index is 1.99. The quantitative estimate of drug-likeness (QED) is 0.374. The SMILES string of the molecule is CCOC(=O)[C@@H]1[C@@H](C(=O)OCC)[C@H]2C(=O)[C@H]3[C@@H](C(=O)OCC)[C@@H](C(=O)OCC)[C@@H]3C(=O)[C@H]12. The number of carbonyl (C=O) groups is 6. The van der Waals surface area contributed by atoms with E-state index < -0.39 is 82.8 Å². The number of carbonyl (C=O) groups excluding carboxylic acids is 6. The Kier molecular flexibility index (Phi) is 7.00. The second kappa shape index (κ2) is 9.38. The Morgan fingerprint density at radius 2 is 0.688 bits per heavy atom. The molecule has 0 radical (unpaired) electrons. The zero-order chi connectivity index (χ0) is 23.7. The highest BCUT2D eigenvalue weighted by Crippen LogP contribution is 2.62. The third-order valence-electron chi connectivity index (χ3n) is 6.64. The molecule has 3 aliphatic rings. The minimum atomic E-state index is -1.17. The summed E-state index contributed by atoms with van der Waals surface area (Å²) in [7, 11) is 0. The van der Waals surface area contributed by atoms with Gasteiger partial charge in [-0.1, -0.05) is 0 Å². The lowest BCUT2D eigenvalue weighted by Crippen LogP contribution is -2.73. The van der Waals surface area contributed by atoms with Gasteiger partial charge in [0.1, 0.15) is 11.6 Å². The van der Waals surface area contributed by atoms with Crippen LogP contribution < -0.4 is 0 Å². The Bertz CT molecular complexity index is 701. The Morgan fingerprint density at radius 1 is 0.500 bits per heavy atom. The first-order chi connectivity index (χ1) is 15.3. The molecule has 0 aromatic rings. The fourth-order valence-corrected chi connectivity index (χ4v) is 5.48. The number of hydrogen-bond donors (Lipinski definition) is 0. The molecule has 0 amide bonds. The van der Waals surface area contributed by atoms with Crippen molar-refractivity contribution in [3.05, 3.63) is 0 Å². The van der Waals surface area contributed by atoms with E-state index in [2.05, 4.69) is 0 Å². The molecule has 0 N–H and O–H groups in total. The van der Waals surface area contributed by atoms with Crippen molar-refractivity contribution in [1.29, 1.82) is 0 Å². The van der Waals surface area contributed by atoms with Crippen molar-refractivity contribution < 1.29 is 47.7 Å². The Morgan fingerprint density at radius 3 is 0.844 bits per heavy atom. The molecule has 0 unspecified atom stereocenters. The van der Waals surface area contributed by atoms with E-state index in [1.165, 1.54) is 0 Å². The number of esters is 4. The molecule has 3 saturated carbocycles. The van der Waals surface area contributed by atoms with Crippen molar-refractivity contribution in [2.75, 3.05) is 26.4 Å². The first kappa shape index (κ1) is 23.9. The van der Waals surface area contributed by atoms with E-state index in [1.54, 1.807) is 27.7 Å². The summed E-state index contributed by atoms with van der Waals surface area (Å²) >= 11 is 0. The number of fused-ring (bicyclic) bond motifs is 2. The van der Waals surface area contributed by atoms with Gasteiger partial charge in [-0.2, -0.15) is 0 Å². The van der Waals surface area contributed by atoms with Gasteiger partial charge in [0.05, 0.1) is 50.1 Å². The summed E-state index contributed by atoms with van der Waals surface area (Å²) in [6.45, 7) is 6.49. The fraction of sp³-hybridized carbons (Fsp3) is 0.727. The van der Waals surface area contributed by atoms with E-state index in [0.29, 0.717) is 0 Å². The van der Waals surface area contributed by atoms with Gasteiger partial charge in [-0.05, 0) is 27.7 Å². The third-order valence-corrected chi connectivity index (χ3v) is 6.64. The molecule has 8 atom stereocenters. The minimum Gasteiger partial charge on any atom is -0.466 e. The highest BCUT2D eigenvalue weighted by atomic mass is 16.5. The molecular weight excluding hydrogens is 424 g/mol. The largest absolute Gasteiger partial charge is 0.466 e. The molecule has 3 fully saturated rings. The van der Waals surface area contributed by atoms with Gasteiger partial charge >= 0.3 is 23.9 Å². The zero-order valence-corrected chi connectivity index (χ0v) is 18.5. The second-order valence-electron chi connectivity index (χ2n) is 8.02. The molecular formula is C22H28O10. The van der Waals surface area contributed by atoms with Gasteiger partial charge in [0.25, 0.3) is 0 Å². The molecule has 10 heteroatoms. The van der Waals surface area contributed by atoms with Gasteiger partial charge in [-0.25, -0.2) is 0 Å². The number of Topliss-reactive ketones (excluding diaryl/α,β-unsaturated/α-hetero) is 2. The topological polar surface area (TPSA) is 139 Å². The number of ketones is 2. The lowest BCUT2D eigenvalue weighted by atomic mass is 9.39. The third kappa shape index (κ3) is 3.49. The summed E-state index contributed by atoms with van der Waals surface area (Å²) in [5.74, 6) is -13.1. The first-order valence-electron chi connectivity index (χ1n) is 11.0. The molecule has 10 nitrogen and oxygen atoms in total. The first-order valence-corrected chi connectivity index (χ1v) is 11.0. The van der Waals surface area contributed by atoms with E-state index in [-0.39, 0.29) is 26.4 Å². The van der Waals surface area contributed by atoms with Gasteiger partial charge in [-0.15, -0.1) is 0 Å². The molecule has 0 heterocycles. The monoisotopic (exact) mass is 452 g/mol. The molecule has 0 aromatic carbocycles. The van der Waals surface area contributed by atoms with Crippen LogP contribution in [0.5, 0.6) is 0 Å². The summed E-state index contributed by atoms with van der Waals surface area (Å²) in [5, 5.41) is 0. The molecule has 0 bridgehead atoms. The van der Waals surface area contributed by atoms with Crippen LogP contribution in [0.15, 0.2) is 0 Å². The Hall–Kier alpha value is -2.78. The van der Waals surface area contributed by atoms with Crippen LogP contribution >= 0.6 is 0 Å². The van der Waals surface area contributed by atoms with Crippen molar-refractivity contribution >= 4 is 35.4 Å². The summed E-state index contributed by atoms with van der Waals surface area (Å²) in [5.41, 5.74) is 0. The predicted molar refractivity (Wildman–Crippen MR) is 104 cm³/mol. The zero-order valence-electron chi connectivity index (χ0n) is 18.5. The lowest BCUT2D eigenvalue weighted by molar-refractivity contribution is -0.210. The standard InChI is InChI=1S/C22H28O10/c1-5-29-19(25)13-9-10(14(13)20(26)30-6-2)18(24)12-11(17(9)23)15(21(27)31-7-3)16(12)22(28)32-8-4/h9-16H,5-8H2,1-4H3/t9-,10-,11+,12+,13-,14-,15-,16+/m0/s1. The van der Waals surface area contributed by atoms with E-state index in [0.717, 1.165) is 0 Å².